The van der Waals surface area contributed by atoms with E-state index < -0.39 is 0 Å². The normalized spacial score (nSPS) is 15.5. The minimum Gasteiger partial charge on any atom is -0.354 e. The molecular formula is C32H21N. The van der Waals surface area contributed by atoms with Gasteiger partial charge in [-0.1, -0.05) is 84.9 Å². The first-order valence-corrected chi connectivity index (χ1v) is 11.7. The number of H-pyrrole nitrogens is 1. The van der Waals surface area contributed by atoms with E-state index in [4.69, 9.17) is 0 Å². The first-order chi connectivity index (χ1) is 16.4. The van der Waals surface area contributed by atoms with Gasteiger partial charge in [-0.25, -0.2) is 0 Å². The van der Waals surface area contributed by atoms with Gasteiger partial charge in [-0.3, -0.25) is 0 Å². The van der Waals surface area contributed by atoms with Crippen molar-refractivity contribution >= 4 is 21.8 Å². The van der Waals surface area contributed by atoms with E-state index in [1.54, 1.807) is 0 Å². The van der Waals surface area contributed by atoms with E-state index in [9.17, 15) is 0 Å². The van der Waals surface area contributed by atoms with E-state index in [-0.39, 0.29) is 0 Å². The van der Waals surface area contributed by atoms with Crippen molar-refractivity contribution in [1.82, 2.24) is 4.98 Å². The Morgan fingerprint density at radius 2 is 1.39 bits per heavy atom. The quantitative estimate of drug-likeness (QED) is 0.276. The SMILES string of the molecule is c1ccc(-c2ccc3[nH]c4cc5c6c(c4c3c2)-c2ccccc2CC6c2ccccc2-5)cc1. The summed E-state index contributed by atoms with van der Waals surface area (Å²) in [5.41, 5.74) is 15.1. The fourth-order valence-electron chi connectivity index (χ4n) is 6.33. The molecule has 0 aliphatic heterocycles. The van der Waals surface area contributed by atoms with E-state index in [0.717, 1.165) is 6.42 Å². The Bertz CT molecular complexity index is 1740. The van der Waals surface area contributed by atoms with Gasteiger partial charge >= 0.3 is 0 Å². The number of rotatable bonds is 1. The van der Waals surface area contributed by atoms with Crippen LogP contribution >= 0.6 is 0 Å². The van der Waals surface area contributed by atoms with Crippen LogP contribution in [0.1, 0.15) is 22.6 Å². The molecule has 0 bridgehead atoms. The molecule has 2 aliphatic carbocycles. The number of hydrogen-bond acceptors (Lipinski definition) is 0. The number of fused-ring (bicyclic) bond motifs is 9. The fraction of sp³-hybridized carbons (Fsp3) is 0.0625. The first-order valence-electron chi connectivity index (χ1n) is 11.7. The van der Waals surface area contributed by atoms with Crippen molar-refractivity contribution in [1.29, 1.82) is 0 Å². The highest BCUT2D eigenvalue weighted by molar-refractivity contribution is 6.18. The van der Waals surface area contributed by atoms with Crippen molar-refractivity contribution in [2.45, 2.75) is 12.3 Å². The third-order valence-corrected chi connectivity index (χ3v) is 7.72. The molecule has 0 saturated heterocycles. The van der Waals surface area contributed by atoms with E-state index in [2.05, 4.69) is 108 Å². The number of aromatic amines is 1. The highest BCUT2D eigenvalue weighted by Gasteiger charge is 2.36. The molecule has 154 valence electrons. The summed E-state index contributed by atoms with van der Waals surface area (Å²) in [5.74, 6) is 0.438. The first kappa shape index (κ1) is 17.5. The maximum atomic E-state index is 3.76. The summed E-state index contributed by atoms with van der Waals surface area (Å²) in [6.45, 7) is 0. The molecule has 5 aromatic carbocycles. The van der Waals surface area contributed by atoms with Crippen molar-refractivity contribution in [3.05, 3.63) is 120 Å². The molecule has 1 heterocycles. The summed E-state index contributed by atoms with van der Waals surface area (Å²) in [7, 11) is 0. The highest BCUT2D eigenvalue weighted by atomic mass is 14.7. The summed E-state index contributed by atoms with van der Waals surface area (Å²) in [6.07, 6.45) is 1.08. The van der Waals surface area contributed by atoms with E-state index in [1.165, 1.54) is 71.9 Å². The van der Waals surface area contributed by atoms with Gasteiger partial charge in [0.15, 0.2) is 0 Å². The van der Waals surface area contributed by atoms with Crippen molar-refractivity contribution in [2.24, 2.45) is 0 Å². The second kappa shape index (κ2) is 6.24. The van der Waals surface area contributed by atoms with Gasteiger partial charge in [-0.15, -0.1) is 0 Å². The number of benzene rings is 5. The zero-order chi connectivity index (χ0) is 21.5. The largest absolute Gasteiger partial charge is 0.354 e. The molecule has 1 atom stereocenters. The minimum absolute atomic E-state index is 0.438. The fourth-order valence-corrected chi connectivity index (χ4v) is 6.33. The maximum Gasteiger partial charge on any atom is 0.0477 e. The van der Waals surface area contributed by atoms with Crippen LogP contribution in [-0.2, 0) is 6.42 Å². The molecule has 0 radical (unpaired) electrons. The van der Waals surface area contributed by atoms with Gasteiger partial charge in [0.2, 0.25) is 0 Å². The molecule has 1 heteroatoms. The third-order valence-electron chi connectivity index (χ3n) is 7.72. The van der Waals surface area contributed by atoms with Crippen LogP contribution in [-0.4, -0.2) is 4.98 Å². The van der Waals surface area contributed by atoms with Crippen molar-refractivity contribution in [3.63, 3.8) is 0 Å². The van der Waals surface area contributed by atoms with Crippen molar-refractivity contribution in [3.8, 4) is 33.4 Å². The Balaban J connectivity index is 1.53. The molecule has 0 amide bonds. The lowest BCUT2D eigenvalue weighted by Gasteiger charge is -2.26. The Labute approximate surface area is 192 Å². The second-order valence-corrected chi connectivity index (χ2v) is 9.39. The Morgan fingerprint density at radius 1 is 0.606 bits per heavy atom. The lowest BCUT2D eigenvalue weighted by molar-refractivity contribution is 0.817. The topological polar surface area (TPSA) is 15.8 Å². The summed E-state index contributed by atoms with van der Waals surface area (Å²) in [4.78, 5) is 3.76. The zero-order valence-corrected chi connectivity index (χ0v) is 18.1. The van der Waals surface area contributed by atoms with Crippen LogP contribution in [0.25, 0.3) is 55.2 Å². The summed E-state index contributed by atoms with van der Waals surface area (Å²) in [5, 5.41) is 2.68. The number of aromatic nitrogens is 1. The zero-order valence-electron chi connectivity index (χ0n) is 18.1. The standard InChI is InChI=1S/C32H21N/c1-2-8-19(9-3-1)20-14-15-28-27(16-20)31-29(33-28)18-26-24-13-7-6-12-23(24)25-17-21-10-4-5-11-22(21)32(31)30(25)26/h1-16,18,25,33H,17H2. The molecule has 8 rings (SSSR count). The number of nitrogens with one attached hydrogen (secondary N) is 1. The van der Waals surface area contributed by atoms with Crippen molar-refractivity contribution in [2.75, 3.05) is 0 Å². The minimum atomic E-state index is 0.438. The van der Waals surface area contributed by atoms with Crippen molar-refractivity contribution < 1.29 is 0 Å². The average molecular weight is 420 g/mol. The van der Waals surface area contributed by atoms with E-state index in [0.29, 0.717) is 5.92 Å². The van der Waals surface area contributed by atoms with Crippen LogP contribution in [0.3, 0.4) is 0 Å². The molecule has 1 aromatic heterocycles. The van der Waals surface area contributed by atoms with Crippen LogP contribution in [0.4, 0.5) is 0 Å². The van der Waals surface area contributed by atoms with Gasteiger partial charge in [0.25, 0.3) is 0 Å². The van der Waals surface area contributed by atoms with Crippen LogP contribution in [0, 0.1) is 0 Å². The predicted octanol–water partition coefficient (Wildman–Crippen LogP) is 8.32. The molecule has 0 fully saturated rings. The van der Waals surface area contributed by atoms with Crippen LogP contribution in [0.2, 0.25) is 0 Å². The average Bonchev–Trinajstić information content (AvgIpc) is 3.40. The molecule has 0 spiro atoms. The Kier molecular flexibility index (Phi) is 3.30. The predicted molar refractivity (Wildman–Crippen MR) is 138 cm³/mol. The maximum absolute atomic E-state index is 3.76. The molecule has 1 nitrogen and oxygen atoms in total. The van der Waals surface area contributed by atoms with E-state index in [1.807, 2.05) is 0 Å². The summed E-state index contributed by atoms with van der Waals surface area (Å²) in [6, 6.07) is 38.0. The molecule has 2 aliphatic rings. The van der Waals surface area contributed by atoms with E-state index >= 15 is 0 Å². The van der Waals surface area contributed by atoms with Gasteiger partial charge in [-0.05, 0) is 74.7 Å². The third kappa shape index (κ3) is 2.27. The van der Waals surface area contributed by atoms with Gasteiger partial charge in [0.1, 0.15) is 0 Å². The van der Waals surface area contributed by atoms with Gasteiger partial charge < -0.3 is 4.98 Å². The molecule has 1 unspecified atom stereocenters. The van der Waals surface area contributed by atoms with Gasteiger partial charge in [-0.2, -0.15) is 0 Å². The van der Waals surface area contributed by atoms with Crippen LogP contribution in [0.5, 0.6) is 0 Å². The van der Waals surface area contributed by atoms with Gasteiger partial charge in [0, 0.05) is 27.7 Å². The molecular weight excluding hydrogens is 398 g/mol. The highest BCUT2D eigenvalue weighted by Crippen LogP contribution is 2.56. The van der Waals surface area contributed by atoms with Crippen LogP contribution in [0.15, 0.2) is 103 Å². The summed E-state index contributed by atoms with van der Waals surface area (Å²) < 4.78 is 0. The Hall–Kier alpha value is -4.10. The smallest absolute Gasteiger partial charge is 0.0477 e. The lowest BCUT2D eigenvalue weighted by atomic mass is 9.76. The molecule has 0 saturated carbocycles. The van der Waals surface area contributed by atoms with Crippen LogP contribution < -0.4 is 0 Å². The monoisotopic (exact) mass is 419 g/mol. The number of hydrogen-bond donors (Lipinski definition) is 1. The lowest BCUT2D eigenvalue weighted by Crippen LogP contribution is -2.10. The second-order valence-electron chi connectivity index (χ2n) is 9.39. The Morgan fingerprint density at radius 3 is 2.30 bits per heavy atom. The summed E-state index contributed by atoms with van der Waals surface area (Å²) >= 11 is 0. The molecule has 1 N–H and O–H groups in total. The molecule has 33 heavy (non-hydrogen) atoms. The van der Waals surface area contributed by atoms with Gasteiger partial charge in [0.05, 0.1) is 0 Å². The molecule has 6 aromatic rings.